The van der Waals surface area contributed by atoms with Crippen LogP contribution in [0.4, 0.5) is 0 Å². The maximum atomic E-state index is 12.3. The molecule has 0 bridgehead atoms. The molecule has 5 nitrogen and oxygen atoms in total. The lowest BCUT2D eigenvalue weighted by Crippen LogP contribution is -2.35. The van der Waals surface area contributed by atoms with Gasteiger partial charge in [-0.1, -0.05) is 30.3 Å². The van der Waals surface area contributed by atoms with Gasteiger partial charge < -0.3 is 15.5 Å². The standard InChI is InChI=1S/C20H23N3O2.ClH/c24-19(23-12-17-10-21-11-18(17)13-23)7-8-22-20(25)16-6-5-14-3-1-2-4-15(14)9-16;/h1-6,9,17-18,21H,7-8,10-13H2,(H,22,25);1H/t17-,18+;. The second kappa shape index (κ2) is 8.06. The quantitative estimate of drug-likeness (QED) is 0.862. The van der Waals surface area contributed by atoms with Gasteiger partial charge in [-0.15, -0.1) is 12.4 Å². The third kappa shape index (κ3) is 3.84. The Balaban J connectivity index is 0.00000196. The second-order valence-corrected chi connectivity index (χ2v) is 7.04. The van der Waals surface area contributed by atoms with E-state index in [-0.39, 0.29) is 24.2 Å². The zero-order chi connectivity index (χ0) is 17.2. The molecule has 2 N–H and O–H groups in total. The number of fused-ring (bicyclic) bond motifs is 2. The fourth-order valence-corrected chi connectivity index (χ4v) is 3.93. The summed E-state index contributed by atoms with van der Waals surface area (Å²) < 4.78 is 0. The molecule has 2 aliphatic heterocycles. The molecule has 0 spiro atoms. The number of benzene rings is 2. The van der Waals surface area contributed by atoms with Crippen molar-refractivity contribution in [1.82, 2.24) is 15.5 Å². The highest BCUT2D eigenvalue weighted by Crippen LogP contribution is 2.26. The van der Waals surface area contributed by atoms with Crippen LogP contribution in [0.1, 0.15) is 16.8 Å². The van der Waals surface area contributed by atoms with Crippen LogP contribution in [0.25, 0.3) is 10.8 Å². The molecule has 2 saturated heterocycles. The third-order valence-corrected chi connectivity index (χ3v) is 5.38. The van der Waals surface area contributed by atoms with Gasteiger partial charge in [0.25, 0.3) is 5.91 Å². The Hall–Kier alpha value is -2.11. The summed E-state index contributed by atoms with van der Waals surface area (Å²) in [5.41, 5.74) is 0.632. The number of nitrogens with zero attached hydrogens (tertiary/aromatic N) is 1. The summed E-state index contributed by atoms with van der Waals surface area (Å²) in [6.07, 6.45) is 0.367. The number of halogens is 1. The Morgan fingerprint density at radius 3 is 2.46 bits per heavy atom. The van der Waals surface area contributed by atoms with Crippen molar-refractivity contribution in [1.29, 1.82) is 0 Å². The van der Waals surface area contributed by atoms with Crippen LogP contribution < -0.4 is 10.6 Å². The summed E-state index contributed by atoms with van der Waals surface area (Å²) in [6.45, 7) is 4.14. The SMILES string of the molecule is Cl.O=C(NCCC(=O)N1C[C@H]2CNC[C@H]2C1)c1ccc2ccccc2c1. The predicted octanol–water partition coefficient (Wildman–Crippen LogP) is 2.06. The van der Waals surface area contributed by atoms with Crippen LogP contribution in [0, 0.1) is 11.8 Å². The number of hydrogen-bond acceptors (Lipinski definition) is 3. The molecule has 2 atom stereocenters. The zero-order valence-corrected chi connectivity index (χ0v) is 15.4. The van der Waals surface area contributed by atoms with Crippen LogP contribution in [-0.4, -0.2) is 49.4 Å². The molecule has 0 aromatic heterocycles. The van der Waals surface area contributed by atoms with E-state index >= 15 is 0 Å². The smallest absolute Gasteiger partial charge is 0.251 e. The number of amides is 2. The van der Waals surface area contributed by atoms with Gasteiger partial charge in [-0.2, -0.15) is 0 Å². The molecule has 4 rings (SSSR count). The minimum absolute atomic E-state index is 0. The molecule has 26 heavy (non-hydrogen) atoms. The van der Waals surface area contributed by atoms with E-state index < -0.39 is 0 Å². The second-order valence-electron chi connectivity index (χ2n) is 7.04. The summed E-state index contributed by atoms with van der Waals surface area (Å²) >= 11 is 0. The van der Waals surface area contributed by atoms with Crippen LogP contribution in [0.15, 0.2) is 42.5 Å². The van der Waals surface area contributed by atoms with Gasteiger partial charge in [-0.05, 0) is 34.7 Å². The Morgan fingerprint density at radius 1 is 1.04 bits per heavy atom. The Labute approximate surface area is 159 Å². The maximum absolute atomic E-state index is 12.3. The van der Waals surface area contributed by atoms with Gasteiger partial charge in [0.15, 0.2) is 0 Å². The van der Waals surface area contributed by atoms with Crippen molar-refractivity contribution in [3.8, 4) is 0 Å². The molecule has 0 radical (unpaired) electrons. The molecule has 6 heteroatoms. The average molecular weight is 374 g/mol. The largest absolute Gasteiger partial charge is 0.352 e. The molecule has 2 fully saturated rings. The highest BCUT2D eigenvalue weighted by Gasteiger charge is 2.37. The molecule has 0 aliphatic carbocycles. The maximum Gasteiger partial charge on any atom is 0.251 e. The average Bonchev–Trinajstić information content (AvgIpc) is 3.23. The molecule has 2 aliphatic rings. The van der Waals surface area contributed by atoms with Gasteiger partial charge in [0.1, 0.15) is 0 Å². The number of carbonyl (C=O) groups excluding carboxylic acids is 2. The van der Waals surface area contributed by atoms with Gasteiger partial charge in [0.05, 0.1) is 0 Å². The highest BCUT2D eigenvalue weighted by atomic mass is 35.5. The van der Waals surface area contributed by atoms with Crippen LogP contribution in [0.3, 0.4) is 0 Å². The van der Waals surface area contributed by atoms with E-state index in [1.165, 1.54) is 0 Å². The topological polar surface area (TPSA) is 61.4 Å². The van der Waals surface area contributed by atoms with Crippen LogP contribution in [-0.2, 0) is 4.79 Å². The van der Waals surface area contributed by atoms with Crippen molar-refractivity contribution in [2.45, 2.75) is 6.42 Å². The molecule has 138 valence electrons. The molecule has 2 amide bonds. The van der Waals surface area contributed by atoms with Crippen molar-refractivity contribution >= 4 is 35.0 Å². The molecular weight excluding hydrogens is 350 g/mol. The van der Waals surface area contributed by atoms with E-state index in [2.05, 4.69) is 10.6 Å². The van der Waals surface area contributed by atoms with E-state index in [4.69, 9.17) is 0 Å². The van der Waals surface area contributed by atoms with Gasteiger partial charge in [0.2, 0.25) is 5.91 Å². The zero-order valence-electron chi connectivity index (χ0n) is 14.6. The first-order valence-electron chi connectivity index (χ1n) is 8.96. The van der Waals surface area contributed by atoms with Crippen molar-refractivity contribution in [3.63, 3.8) is 0 Å². The van der Waals surface area contributed by atoms with Crippen LogP contribution in [0.5, 0.6) is 0 Å². The number of likely N-dealkylation sites (tertiary alicyclic amines) is 1. The van der Waals surface area contributed by atoms with E-state index in [1.807, 2.05) is 47.4 Å². The first-order valence-corrected chi connectivity index (χ1v) is 8.96. The van der Waals surface area contributed by atoms with Crippen molar-refractivity contribution in [3.05, 3.63) is 48.0 Å². The normalized spacial score (nSPS) is 21.3. The minimum Gasteiger partial charge on any atom is -0.352 e. The van der Waals surface area contributed by atoms with Gasteiger partial charge >= 0.3 is 0 Å². The minimum atomic E-state index is -0.124. The van der Waals surface area contributed by atoms with Crippen molar-refractivity contribution in [2.24, 2.45) is 11.8 Å². The Kier molecular flexibility index (Phi) is 5.79. The first kappa shape index (κ1) is 18.7. The lowest BCUT2D eigenvalue weighted by atomic mass is 10.0. The van der Waals surface area contributed by atoms with Crippen molar-refractivity contribution < 1.29 is 9.59 Å². The summed E-state index contributed by atoms with van der Waals surface area (Å²) in [4.78, 5) is 26.6. The van der Waals surface area contributed by atoms with E-state index in [1.54, 1.807) is 0 Å². The van der Waals surface area contributed by atoms with Gasteiger partial charge in [0, 0.05) is 44.7 Å². The molecule has 2 aromatic carbocycles. The Morgan fingerprint density at radius 2 is 1.73 bits per heavy atom. The molecular formula is C20H24ClN3O2. The van der Waals surface area contributed by atoms with Crippen LogP contribution >= 0.6 is 12.4 Å². The summed E-state index contributed by atoms with van der Waals surface area (Å²) in [7, 11) is 0. The van der Waals surface area contributed by atoms with Crippen LogP contribution in [0.2, 0.25) is 0 Å². The van der Waals surface area contributed by atoms with Crippen molar-refractivity contribution in [2.75, 3.05) is 32.7 Å². The lowest BCUT2D eigenvalue weighted by molar-refractivity contribution is -0.130. The fourth-order valence-electron chi connectivity index (χ4n) is 3.93. The number of hydrogen-bond donors (Lipinski definition) is 2. The highest BCUT2D eigenvalue weighted by molar-refractivity contribution is 5.98. The summed E-state index contributed by atoms with van der Waals surface area (Å²) in [5.74, 6) is 1.24. The number of rotatable bonds is 4. The Bertz CT molecular complexity index is 798. The molecule has 0 saturated carbocycles. The number of nitrogens with one attached hydrogen (secondary N) is 2. The summed E-state index contributed by atoms with van der Waals surface area (Å²) in [5, 5.41) is 8.41. The van der Waals surface area contributed by atoms with E-state index in [9.17, 15) is 9.59 Å². The fraction of sp³-hybridized carbons (Fsp3) is 0.400. The van der Waals surface area contributed by atoms with Gasteiger partial charge in [-0.3, -0.25) is 9.59 Å². The first-order chi connectivity index (χ1) is 12.2. The van der Waals surface area contributed by atoms with Gasteiger partial charge in [-0.25, -0.2) is 0 Å². The third-order valence-electron chi connectivity index (χ3n) is 5.38. The molecule has 0 unspecified atom stereocenters. The lowest BCUT2D eigenvalue weighted by Gasteiger charge is -2.17. The van der Waals surface area contributed by atoms with E-state index in [0.29, 0.717) is 30.4 Å². The predicted molar refractivity (Wildman–Crippen MR) is 105 cm³/mol. The molecule has 2 heterocycles. The number of carbonyl (C=O) groups is 2. The van der Waals surface area contributed by atoms with E-state index in [0.717, 1.165) is 37.0 Å². The monoisotopic (exact) mass is 373 g/mol. The summed E-state index contributed by atoms with van der Waals surface area (Å²) in [6, 6.07) is 13.6. The molecule has 2 aromatic rings.